The summed E-state index contributed by atoms with van der Waals surface area (Å²) in [5, 5.41) is 13.0. The summed E-state index contributed by atoms with van der Waals surface area (Å²) in [6.45, 7) is 4.66. The zero-order valence-electron chi connectivity index (χ0n) is 8.80. The fraction of sp³-hybridized carbons (Fsp3) is 0.455. The molecule has 0 amide bonds. The number of likely N-dealkylation sites (N-methyl/N-ethyl adjacent to an activating group) is 1. The second-order valence-electron chi connectivity index (χ2n) is 3.46. The van der Waals surface area contributed by atoms with E-state index in [-0.39, 0.29) is 11.9 Å². The summed E-state index contributed by atoms with van der Waals surface area (Å²) in [5.74, 6) is -0.318. The number of benzene rings is 1. The van der Waals surface area contributed by atoms with Crippen LogP contribution < -0.4 is 5.32 Å². The number of aliphatic hydroxyl groups excluding tert-OH is 1. The van der Waals surface area contributed by atoms with Crippen molar-refractivity contribution in [2.24, 2.45) is 0 Å². The number of halogens is 2. The Morgan fingerprint density at radius 1 is 1.53 bits per heavy atom. The molecule has 0 heterocycles. The summed E-state index contributed by atoms with van der Waals surface area (Å²) < 4.78 is 13.3. The molecule has 0 aliphatic heterocycles. The quantitative estimate of drug-likeness (QED) is 0.886. The van der Waals surface area contributed by atoms with Gasteiger partial charge < -0.3 is 10.4 Å². The molecule has 0 aliphatic rings. The molecule has 0 saturated carbocycles. The van der Waals surface area contributed by atoms with E-state index in [0.29, 0.717) is 10.0 Å². The van der Waals surface area contributed by atoms with Crippen LogP contribution in [0.15, 0.2) is 22.7 Å². The van der Waals surface area contributed by atoms with E-state index in [0.717, 1.165) is 6.54 Å². The number of nitrogens with one attached hydrogen (secondary N) is 1. The molecule has 2 N–H and O–H groups in total. The molecule has 0 aromatic heterocycles. The van der Waals surface area contributed by atoms with Gasteiger partial charge in [-0.1, -0.05) is 13.0 Å². The van der Waals surface area contributed by atoms with Crippen LogP contribution in [0.5, 0.6) is 0 Å². The van der Waals surface area contributed by atoms with E-state index in [1.54, 1.807) is 12.1 Å². The molecule has 84 valence electrons. The third-order valence-electron chi connectivity index (χ3n) is 2.28. The minimum Gasteiger partial charge on any atom is -0.387 e. The summed E-state index contributed by atoms with van der Waals surface area (Å²) in [5.41, 5.74) is 0.705. The molecule has 0 radical (unpaired) electrons. The molecule has 0 bridgehead atoms. The molecular weight excluding hydrogens is 261 g/mol. The van der Waals surface area contributed by atoms with Crippen LogP contribution in [0.2, 0.25) is 0 Å². The number of aliphatic hydroxyl groups is 1. The van der Waals surface area contributed by atoms with Crippen LogP contribution in [0.1, 0.15) is 25.5 Å². The molecule has 15 heavy (non-hydrogen) atoms. The Morgan fingerprint density at radius 3 is 2.73 bits per heavy atom. The van der Waals surface area contributed by atoms with Crippen LogP contribution in [-0.4, -0.2) is 17.7 Å². The van der Waals surface area contributed by atoms with Gasteiger partial charge in [-0.3, -0.25) is 0 Å². The van der Waals surface area contributed by atoms with Gasteiger partial charge in [0.25, 0.3) is 0 Å². The molecule has 1 aromatic carbocycles. The Morgan fingerprint density at radius 2 is 2.20 bits per heavy atom. The molecular formula is C11H15BrFNO. The first kappa shape index (κ1) is 12.6. The highest BCUT2D eigenvalue weighted by atomic mass is 79.9. The van der Waals surface area contributed by atoms with Gasteiger partial charge >= 0.3 is 0 Å². The largest absolute Gasteiger partial charge is 0.387 e. The van der Waals surface area contributed by atoms with E-state index in [1.165, 1.54) is 6.07 Å². The number of hydrogen-bond acceptors (Lipinski definition) is 2. The molecule has 2 unspecified atom stereocenters. The smallest absolute Gasteiger partial charge is 0.137 e. The molecule has 4 heteroatoms. The zero-order chi connectivity index (χ0) is 11.4. The first-order valence-corrected chi connectivity index (χ1v) is 5.72. The lowest BCUT2D eigenvalue weighted by Crippen LogP contribution is -2.31. The van der Waals surface area contributed by atoms with Gasteiger partial charge in [0.15, 0.2) is 0 Å². The van der Waals surface area contributed by atoms with Gasteiger partial charge in [0.05, 0.1) is 10.6 Å². The number of rotatable bonds is 4. The van der Waals surface area contributed by atoms with Crippen molar-refractivity contribution in [2.45, 2.75) is 26.0 Å². The monoisotopic (exact) mass is 275 g/mol. The summed E-state index contributed by atoms with van der Waals surface area (Å²) in [4.78, 5) is 0. The van der Waals surface area contributed by atoms with Gasteiger partial charge in [-0.25, -0.2) is 4.39 Å². The SMILES string of the molecule is CCNC(C)C(O)c1ccc(F)c(Br)c1. The predicted octanol–water partition coefficient (Wildman–Crippen LogP) is 2.62. The Labute approximate surface area is 97.6 Å². The van der Waals surface area contributed by atoms with Crippen molar-refractivity contribution in [3.8, 4) is 0 Å². The average Bonchev–Trinajstić information content (AvgIpc) is 2.21. The van der Waals surface area contributed by atoms with E-state index >= 15 is 0 Å². The van der Waals surface area contributed by atoms with Crippen LogP contribution in [0, 0.1) is 5.82 Å². The highest BCUT2D eigenvalue weighted by molar-refractivity contribution is 9.10. The second kappa shape index (κ2) is 5.58. The molecule has 0 saturated heterocycles. The summed E-state index contributed by atoms with van der Waals surface area (Å²) in [7, 11) is 0. The normalized spacial score (nSPS) is 15.0. The van der Waals surface area contributed by atoms with Crippen molar-refractivity contribution in [2.75, 3.05) is 6.54 Å². The van der Waals surface area contributed by atoms with Gasteiger partial charge in [0.2, 0.25) is 0 Å². The number of hydrogen-bond donors (Lipinski definition) is 2. The average molecular weight is 276 g/mol. The third-order valence-corrected chi connectivity index (χ3v) is 2.89. The van der Waals surface area contributed by atoms with Gasteiger partial charge in [0, 0.05) is 6.04 Å². The lowest BCUT2D eigenvalue weighted by Gasteiger charge is -2.20. The van der Waals surface area contributed by atoms with Crippen molar-refractivity contribution in [3.05, 3.63) is 34.1 Å². The topological polar surface area (TPSA) is 32.3 Å². The third kappa shape index (κ3) is 3.26. The molecule has 1 rings (SSSR count). The molecule has 1 aromatic rings. The van der Waals surface area contributed by atoms with Crippen LogP contribution in [0.25, 0.3) is 0 Å². The van der Waals surface area contributed by atoms with Crippen molar-refractivity contribution in [3.63, 3.8) is 0 Å². The maximum atomic E-state index is 13.0. The first-order valence-electron chi connectivity index (χ1n) is 4.92. The molecule has 0 fully saturated rings. The Hall–Kier alpha value is -0.450. The van der Waals surface area contributed by atoms with Gasteiger partial charge in [-0.15, -0.1) is 0 Å². The summed E-state index contributed by atoms with van der Waals surface area (Å²) in [6, 6.07) is 4.50. The van der Waals surface area contributed by atoms with Crippen LogP contribution in [0.4, 0.5) is 4.39 Å². The molecule has 0 spiro atoms. The summed E-state index contributed by atoms with van der Waals surface area (Å²) >= 11 is 3.10. The van der Waals surface area contributed by atoms with E-state index in [9.17, 15) is 9.50 Å². The summed E-state index contributed by atoms with van der Waals surface area (Å²) in [6.07, 6.45) is -0.623. The predicted molar refractivity (Wildman–Crippen MR) is 62.2 cm³/mol. The lowest BCUT2D eigenvalue weighted by atomic mass is 10.0. The van der Waals surface area contributed by atoms with Crippen LogP contribution in [0.3, 0.4) is 0 Å². The van der Waals surface area contributed by atoms with Gasteiger partial charge in [0.1, 0.15) is 5.82 Å². The van der Waals surface area contributed by atoms with Gasteiger partial charge in [-0.05, 0) is 47.1 Å². The van der Waals surface area contributed by atoms with E-state index in [2.05, 4.69) is 21.2 Å². The van der Waals surface area contributed by atoms with E-state index in [4.69, 9.17) is 0 Å². The van der Waals surface area contributed by atoms with Crippen molar-refractivity contribution >= 4 is 15.9 Å². The maximum Gasteiger partial charge on any atom is 0.137 e. The van der Waals surface area contributed by atoms with Crippen LogP contribution >= 0.6 is 15.9 Å². The lowest BCUT2D eigenvalue weighted by molar-refractivity contribution is 0.137. The highest BCUT2D eigenvalue weighted by Gasteiger charge is 2.16. The second-order valence-corrected chi connectivity index (χ2v) is 4.32. The molecule has 0 aliphatic carbocycles. The zero-order valence-corrected chi connectivity index (χ0v) is 10.4. The van der Waals surface area contributed by atoms with E-state index in [1.807, 2.05) is 13.8 Å². The minimum atomic E-state index is -0.623. The van der Waals surface area contributed by atoms with Crippen molar-refractivity contribution < 1.29 is 9.50 Å². The van der Waals surface area contributed by atoms with Crippen LogP contribution in [-0.2, 0) is 0 Å². The van der Waals surface area contributed by atoms with Crippen molar-refractivity contribution in [1.29, 1.82) is 0 Å². The first-order chi connectivity index (χ1) is 7.06. The Balaban J connectivity index is 2.81. The van der Waals surface area contributed by atoms with Crippen molar-refractivity contribution in [1.82, 2.24) is 5.32 Å². The minimum absolute atomic E-state index is 0.0487. The fourth-order valence-electron chi connectivity index (χ4n) is 1.42. The Kier molecular flexibility index (Phi) is 4.70. The Bertz CT molecular complexity index is 332. The highest BCUT2D eigenvalue weighted by Crippen LogP contribution is 2.23. The van der Waals surface area contributed by atoms with E-state index < -0.39 is 6.10 Å². The molecule has 2 nitrogen and oxygen atoms in total. The maximum absolute atomic E-state index is 13.0. The fourth-order valence-corrected chi connectivity index (χ4v) is 1.82. The standard InChI is InChI=1S/C11H15BrFNO/c1-3-14-7(2)11(15)8-4-5-10(13)9(12)6-8/h4-7,11,14-15H,3H2,1-2H3. The molecule has 2 atom stereocenters. The van der Waals surface area contributed by atoms with Gasteiger partial charge in [-0.2, -0.15) is 0 Å².